The summed E-state index contributed by atoms with van der Waals surface area (Å²) in [4.78, 5) is 0.248. The molecule has 6 heteroatoms. The van der Waals surface area contributed by atoms with Crippen LogP contribution < -0.4 is 0 Å². The second-order valence-corrected chi connectivity index (χ2v) is 7.40. The average molecular weight is 299 g/mol. The van der Waals surface area contributed by atoms with Crippen molar-refractivity contribution in [2.75, 3.05) is 13.1 Å². The zero-order valence-corrected chi connectivity index (χ0v) is 12.2. The van der Waals surface area contributed by atoms with Crippen LogP contribution in [0.1, 0.15) is 19.8 Å². The van der Waals surface area contributed by atoms with Gasteiger partial charge in [0.05, 0.1) is 16.4 Å². The summed E-state index contributed by atoms with van der Waals surface area (Å²) in [6, 6.07) is 8.41. The molecule has 0 radical (unpaired) electrons. The maximum Gasteiger partial charge on any atom is 0.243 e. The normalized spacial score (nSPS) is 19.8. The highest BCUT2D eigenvalue weighted by molar-refractivity contribution is 7.89. The van der Waals surface area contributed by atoms with E-state index in [9.17, 15) is 8.42 Å². The molecule has 0 aliphatic carbocycles. The van der Waals surface area contributed by atoms with Crippen molar-refractivity contribution in [1.82, 2.24) is 4.31 Å². The highest BCUT2D eigenvalue weighted by atomic mass is 35.5. The van der Waals surface area contributed by atoms with Crippen molar-refractivity contribution in [3.63, 3.8) is 0 Å². The molecule has 4 nitrogen and oxygen atoms in total. The number of nitrogens with zero attached hydrogens (tertiary/aromatic N) is 2. The number of nitriles is 1. The molecule has 0 amide bonds. The number of hydrogen-bond donors (Lipinski definition) is 0. The van der Waals surface area contributed by atoms with Gasteiger partial charge < -0.3 is 0 Å². The number of rotatable bonds is 2. The van der Waals surface area contributed by atoms with E-state index in [1.165, 1.54) is 16.4 Å². The van der Waals surface area contributed by atoms with Gasteiger partial charge in [-0.1, -0.05) is 11.6 Å². The first-order chi connectivity index (χ1) is 8.87. The van der Waals surface area contributed by atoms with Crippen molar-refractivity contribution in [1.29, 1.82) is 5.26 Å². The molecule has 1 heterocycles. The first-order valence-corrected chi connectivity index (χ1v) is 7.86. The van der Waals surface area contributed by atoms with Gasteiger partial charge in [0.15, 0.2) is 0 Å². The van der Waals surface area contributed by atoms with E-state index in [1.807, 2.05) is 6.92 Å². The molecule has 0 saturated carbocycles. The number of halogens is 1. The topological polar surface area (TPSA) is 61.2 Å². The molecule has 102 valence electrons. The van der Waals surface area contributed by atoms with Gasteiger partial charge in [-0.2, -0.15) is 9.57 Å². The lowest BCUT2D eigenvalue weighted by Crippen LogP contribution is -2.41. The fourth-order valence-electron chi connectivity index (χ4n) is 2.09. The first-order valence-electron chi connectivity index (χ1n) is 6.04. The molecule has 0 N–H and O–H groups in total. The van der Waals surface area contributed by atoms with Gasteiger partial charge in [-0.3, -0.25) is 0 Å². The van der Waals surface area contributed by atoms with Gasteiger partial charge in [-0.15, -0.1) is 0 Å². The zero-order valence-electron chi connectivity index (χ0n) is 10.6. The highest BCUT2D eigenvalue weighted by Gasteiger charge is 2.35. The molecule has 0 aromatic heterocycles. The molecule has 0 unspecified atom stereocenters. The van der Waals surface area contributed by atoms with Crippen LogP contribution in [0.15, 0.2) is 29.2 Å². The van der Waals surface area contributed by atoms with E-state index in [4.69, 9.17) is 16.9 Å². The molecule has 1 aromatic rings. The first kappa shape index (κ1) is 14.3. The molecule has 1 saturated heterocycles. The van der Waals surface area contributed by atoms with E-state index in [-0.39, 0.29) is 4.90 Å². The SMILES string of the molecule is CC1(C#N)CCN(S(=O)(=O)c2ccc(Cl)cc2)CC1. The van der Waals surface area contributed by atoms with Crippen LogP contribution in [0, 0.1) is 16.7 Å². The summed E-state index contributed by atoms with van der Waals surface area (Å²) < 4.78 is 26.2. The largest absolute Gasteiger partial charge is 0.243 e. The van der Waals surface area contributed by atoms with Gasteiger partial charge in [0.25, 0.3) is 0 Å². The van der Waals surface area contributed by atoms with Crippen LogP contribution in [-0.4, -0.2) is 25.8 Å². The molecule has 0 spiro atoms. The zero-order chi connectivity index (χ0) is 14.1. The molecule has 1 aliphatic rings. The number of sulfonamides is 1. The van der Waals surface area contributed by atoms with E-state index in [1.54, 1.807) is 12.1 Å². The summed E-state index contributed by atoms with van der Waals surface area (Å²) in [5.41, 5.74) is -0.411. The Labute approximate surface area is 118 Å². The average Bonchev–Trinajstić information content (AvgIpc) is 2.40. The number of hydrogen-bond acceptors (Lipinski definition) is 3. The van der Waals surface area contributed by atoms with Crippen molar-refractivity contribution in [3.8, 4) is 6.07 Å². The monoisotopic (exact) mass is 298 g/mol. The summed E-state index contributed by atoms with van der Waals surface area (Å²) in [6.45, 7) is 2.64. The smallest absolute Gasteiger partial charge is 0.207 e. The lowest BCUT2D eigenvalue weighted by Gasteiger charge is -2.34. The Balaban J connectivity index is 2.19. The van der Waals surface area contributed by atoms with Crippen molar-refractivity contribution >= 4 is 21.6 Å². The summed E-state index contributed by atoms with van der Waals surface area (Å²) in [5.74, 6) is 0. The number of piperidine rings is 1. The Bertz CT molecular complexity index is 597. The molecule has 2 rings (SSSR count). The van der Waals surface area contributed by atoms with Crippen LogP contribution in [0.5, 0.6) is 0 Å². The van der Waals surface area contributed by atoms with Crippen LogP contribution in [0.2, 0.25) is 5.02 Å². The van der Waals surface area contributed by atoms with Gasteiger partial charge in [-0.25, -0.2) is 8.42 Å². The minimum Gasteiger partial charge on any atom is -0.207 e. The van der Waals surface area contributed by atoms with E-state index < -0.39 is 15.4 Å². The molecular weight excluding hydrogens is 284 g/mol. The third-order valence-electron chi connectivity index (χ3n) is 3.55. The molecular formula is C13H15ClN2O2S. The predicted octanol–water partition coefficient (Wildman–Crippen LogP) is 2.65. The summed E-state index contributed by atoms with van der Waals surface area (Å²) in [7, 11) is -3.47. The maximum atomic E-state index is 12.4. The van der Waals surface area contributed by atoms with Crippen molar-refractivity contribution in [2.45, 2.75) is 24.7 Å². The van der Waals surface area contributed by atoms with Crippen LogP contribution in [0.4, 0.5) is 0 Å². The van der Waals surface area contributed by atoms with Crippen molar-refractivity contribution in [3.05, 3.63) is 29.3 Å². The van der Waals surface area contributed by atoms with E-state index in [2.05, 4.69) is 6.07 Å². The third kappa shape index (κ3) is 2.92. The van der Waals surface area contributed by atoms with Gasteiger partial charge in [-0.05, 0) is 44.0 Å². The lowest BCUT2D eigenvalue weighted by molar-refractivity contribution is 0.232. The van der Waals surface area contributed by atoms with Gasteiger partial charge in [0, 0.05) is 18.1 Å². The minimum atomic E-state index is -3.47. The second kappa shape index (κ2) is 5.12. The van der Waals surface area contributed by atoms with Crippen molar-refractivity contribution in [2.24, 2.45) is 5.41 Å². The third-order valence-corrected chi connectivity index (χ3v) is 5.71. The second-order valence-electron chi connectivity index (χ2n) is 5.03. The Hall–Kier alpha value is -1.09. The molecule has 0 atom stereocenters. The quantitative estimate of drug-likeness (QED) is 0.843. The maximum absolute atomic E-state index is 12.4. The minimum absolute atomic E-state index is 0.248. The Morgan fingerprint density at radius 3 is 2.26 bits per heavy atom. The van der Waals surface area contributed by atoms with Gasteiger partial charge in [0.1, 0.15) is 0 Å². The summed E-state index contributed by atoms with van der Waals surface area (Å²) in [5, 5.41) is 9.56. The number of benzene rings is 1. The summed E-state index contributed by atoms with van der Waals surface area (Å²) in [6.07, 6.45) is 1.13. The molecule has 1 aliphatic heterocycles. The highest BCUT2D eigenvalue weighted by Crippen LogP contribution is 2.32. The van der Waals surface area contributed by atoms with Crippen LogP contribution in [0.3, 0.4) is 0 Å². The molecule has 1 aromatic carbocycles. The van der Waals surface area contributed by atoms with Gasteiger partial charge >= 0.3 is 0 Å². The Morgan fingerprint density at radius 1 is 1.26 bits per heavy atom. The van der Waals surface area contributed by atoms with Crippen LogP contribution >= 0.6 is 11.6 Å². The lowest BCUT2D eigenvalue weighted by atomic mass is 9.83. The summed E-state index contributed by atoms with van der Waals surface area (Å²) >= 11 is 5.76. The standard InChI is InChI=1S/C13H15ClN2O2S/c1-13(10-15)6-8-16(9-7-13)19(17,18)12-4-2-11(14)3-5-12/h2-5H,6-9H2,1H3. The molecule has 0 bridgehead atoms. The van der Waals surface area contributed by atoms with Crippen LogP contribution in [-0.2, 0) is 10.0 Å². The predicted molar refractivity (Wildman–Crippen MR) is 73.2 cm³/mol. The Kier molecular flexibility index (Phi) is 3.86. The van der Waals surface area contributed by atoms with E-state index >= 15 is 0 Å². The fourth-order valence-corrected chi connectivity index (χ4v) is 3.65. The Morgan fingerprint density at radius 2 is 1.79 bits per heavy atom. The molecule has 1 fully saturated rings. The van der Waals surface area contributed by atoms with Gasteiger partial charge in [0.2, 0.25) is 10.0 Å². The van der Waals surface area contributed by atoms with E-state index in [0.29, 0.717) is 31.0 Å². The van der Waals surface area contributed by atoms with Crippen LogP contribution in [0.25, 0.3) is 0 Å². The molecule has 19 heavy (non-hydrogen) atoms. The fraction of sp³-hybridized carbons (Fsp3) is 0.462. The van der Waals surface area contributed by atoms with E-state index in [0.717, 1.165) is 0 Å². The van der Waals surface area contributed by atoms with Crippen molar-refractivity contribution < 1.29 is 8.42 Å².